The van der Waals surface area contributed by atoms with E-state index in [0.29, 0.717) is 22.7 Å². The number of hydrogen-bond donors (Lipinski definition) is 1. The van der Waals surface area contributed by atoms with Gasteiger partial charge in [-0.15, -0.1) is 5.10 Å². The number of ether oxygens (including phenoxy) is 2. The molecule has 8 heteroatoms. The first-order valence-corrected chi connectivity index (χ1v) is 7.99. The van der Waals surface area contributed by atoms with Gasteiger partial charge in [0.05, 0.1) is 31.5 Å². The van der Waals surface area contributed by atoms with Crippen LogP contribution >= 0.6 is 0 Å². The Morgan fingerprint density at radius 2 is 1.88 bits per heavy atom. The molecule has 134 valence electrons. The molecule has 0 fully saturated rings. The summed E-state index contributed by atoms with van der Waals surface area (Å²) in [5, 5.41) is 14.1. The van der Waals surface area contributed by atoms with Crippen molar-refractivity contribution >= 4 is 5.91 Å². The Morgan fingerprint density at radius 1 is 1.12 bits per heavy atom. The average Bonchev–Trinajstić information content (AvgIpc) is 3.22. The molecule has 0 aliphatic carbocycles. The molecule has 0 aliphatic heterocycles. The maximum Gasteiger partial charge on any atom is 0.253 e. The molecule has 1 heterocycles. The van der Waals surface area contributed by atoms with Crippen LogP contribution in [0.25, 0.3) is 5.69 Å². The molecule has 3 rings (SSSR count). The first-order valence-electron chi connectivity index (χ1n) is 7.99. The largest absolute Gasteiger partial charge is 0.493 e. The molecule has 1 amide bonds. The van der Waals surface area contributed by atoms with Crippen LogP contribution in [0.4, 0.5) is 0 Å². The fourth-order valence-corrected chi connectivity index (χ4v) is 2.62. The van der Waals surface area contributed by atoms with Gasteiger partial charge in [0.15, 0.2) is 11.5 Å². The molecule has 0 saturated heterocycles. The van der Waals surface area contributed by atoms with Crippen molar-refractivity contribution in [1.29, 1.82) is 0 Å². The van der Waals surface area contributed by atoms with Gasteiger partial charge in [0, 0.05) is 0 Å². The van der Waals surface area contributed by atoms with Crippen LogP contribution in [0.1, 0.15) is 28.9 Å². The second kappa shape index (κ2) is 7.64. The summed E-state index contributed by atoms with van der Waals surface area (Å²) in [7, 11) is 3.16. The van der Waals surface area contributed by atoms with Crippen LogP contribution in [0, 0.1) is 0 Å². The Hall–Kier alpha value is -3.42. The van der Waals surface area contributed by atoms with Crippen LogP contribution in [0.2, 0.25) is 0 Å². The van der Waals surface area contributed by atoms with Gasteiger partial charge in [-0.25, -0.2) is 0 Å². The highest BCUT2D eigenvalue weighted by Crippen LogP contribution is 2.30. The summed E-state index contributed by atoms with van der Waals surface area (Å²) in [5.41, 5.74) is 1.98. The number of nitrogens with one attached hydrogen (secondary N) is 1. The first-order chi connectivity index (χ1) is 12.6. The minimum absolute atomic E-state index is 0.224. The second-order valence-corrected chi connectivity index (χ2v) is 5.58. The lowest BCUT2D eigenvalue weighted by Crippen LogP contribution is -2.27. The van der Waals surface area contributed by atoms with Gasteiger partial charge in [-0.1, -0.05) is 18.2 Å². The molecule has 0 radical (unpaired) electrons. The van der Waals surface area contributed by atoms with Crippen LogP contribution < -0.4 is 14.8 Å². The topological polar surface area (TPSA) is 91.2 Å². The van der Waals surface area contributed by atoms with Crippen molar-refractivity contribution in [2.45, 2.75) is 13.0 Å². The number of carbonyl (C=O) groups excluding carboxylic acids is 1. The Kier molecular flexibility index (Phi) is 5.12. The lowest BCUT2D eigenvalue weighted by atomic mass is 10.1. The summed E-state index contributed by atoms with van der Waals surface area (Å²) in [6.45, 7) is 1.90. The van der Waals surface area contributed by atoms with Crippen molar-refractivity contribution in [2.24, 2.45) is 0 Å². The van der Waals surface area contributed by atoms with E-state index in [4.69, 9.17) is 9.47 Å². The van der Waals surface area contributed by atoms with Crippen LogP contribution in [0.3, 0.4) is 0 Å². The quantitative estimate of drug-likeness (QED) is 0.730. The molecule has 2 aromatic carbocycles. The molecule has 0 spiro atoms. The van der Waals surface area contributed by atoms with E-state index < -0.39 is 0 Å². The van der Waals surface area contributed by atoms with Gasteiger partial charge in [-0.05, 0) is 47.2 Å². The summed E-state index contributed by atoms with van der Waals surface area (Å²) in [4.78, 5) is 12.8. The number of tetrazole rings is 1. The van der Waals surface area contributed by atoms with E-state index in [9.17, 15) is 4.79 Å². The maximum absolute atomic E-state index is 12.8. The number of methoxy groups -OCH3 is 2. The number of nitrogens with zero attached hydrogens (tertiary/aromatic N) is 4. The molecule has 1 N–H and O–H groups in total. The van der Waals surface area contributed by atoms with Crippen molar-refractivity contribution in [2.75, 3.05) is 14.2 Å². The third kappa shape index (κ3) is 3.49. The first kappa shape index (κ1) is 17.4. The van der Waals surface area contributed by atoms with Crippen LogP contribution in [-0.2, 0) is 0 Å². The van der Waals surface area contributed by atoms with Gasteiger partial charge in [-0.2, -0.15) is 4.68 Å². The van der Waals surface area contributed by atoms with E-state index >= 15 is 0 Å². The number of hydrogen-bond acceptors (Lipinski definition) is 6. The summed E-state index contributed by atoms with van der Waals surface area (Å²) >= 11 is 0. The molecule has 8 nitrogen and oxygen atoms in total. The molecule has 0 bridgehead atoms. The van der Waals surface area contributed by atoms with Crippen LogP contribution in [-0.4, -0.2) is 40.3 Å². The lowest BCUT2D eigenvalue weighted by molar-refractivity contribution is 0.0939. The normalized spacial score (nSPS) is 11.7. The van der Waals surface area contributed by atoms with Crippen molar-refractivity contribution in [1.82, 2.24) is 25.5 Å². The third-order valence-corrected chi connectivity index (χ3v) is 4.00. The van der Waals surface area contributed by atoms with E-state index in [1.165, 1.54) is 11.0 Å². The summed E-state index contributed by atoms with van der Waals surface area (Å²) in [6.07, 6.45) is 1.45. The lowest BCUT2D eigenvalue weighted by Gasteiger charge is -2.17. The number of benzene rings is 2. The van der Waals surface area contributed by atoms with Crippen molar-refractivity contribution < 1.29 is 14.3 Å². The van der Waals surface area contributed by atoms with Crippen LogP contribution in [0.15, 0.2) is 48.8 Å². The fourth-order valence-electron chi connectivity index (χ4n) is 2.62. The van der Waals surface area contributed by atoms with Gasteiger partial charge < -0.3 is 14.8 Å². The highest BCUT2D eigenvalue weighted by molar-refractivity contribution is 5.97. The van der Waals surface area contributed by atoms with E-state index in [-0.39, 0.29) is 11.9 Å². The zero-order valence-electron chi connectivity index (χ0n) is 14.7. The predicted molar refractivity (Wildman–Crippen MR) is 94.6 cm³/mol. The SMILES string of the molecule is COc1ccc(C(C)NC(=O)c2ccccc2-n2cnnn2)cc1OC. The van der Waals surface area contributed by atoms with Gasteiger partial charge >= 0.3 is 0 Å². The highest BCUT2D eigenvalue weighted by atomic mass is 16.5. The van der Waals surface area contributed by atoms with E-state index in [0.717, 1.165) is 5.56 Å². The molecule has 3 aromatic rings. The minimum Gasteiger partial charge on any atom is -0.493 e. The molecular formula is C18H19N5O3. The van der Waals surface area contributed by atoms with Gasteiger partial charge in [0.2, 0.25) is 0 Å². The summed E-state index contributed by atoms with van der Waals surface area (Å²) in [5.74, 6) is 1.03. The van der Waals surface area contributed by atoms with Gasteiger partial charge in [0.25, 0.3) is 5.91 Å². The standard InChI is InChI=1S/C18H19N5O3/c1-12(13-8-9-16(25-2)17(10-13)26-3)20-18(24)14-6-4-5-7-15(14)23-11-19-21-22-23/h4-12H,1-3H3,(H,20,24). The van der Waals surface area contributed by atoms with E-state index in [1.54, 1.807) is 32.4 Å². The molecule has 1 atom stereocenters. The average molecular weight is 353 g/mol. The van der Waals surface area contributed by atoms with Crippen molar-refractivity contribution in [3.63, 3.8) is 0 Å². The van der Waals surface area contributed by atoms with E-state index in [2.05, 4.69) is 20.8 Å². The number of amides is 1. The molecule has 0 saturated carbocycles. The molecule has 1 aromatic heterocycles. The summed E-state index contributed by atoms with van der Waals surface area (Å²) in [6, 6.07) is 12.4. The van der Waals surface area contributed by atoms with E-state index in [1.807, 2.05) is 31.2 Å². The number of carbonyl (C=O) groups is 1. The predicted octanol–water partition coefficient (Wildman–Crippen LogP) is 2.17. The Bertz CT molecular complexity index is 896. The van der Waals surface area contributed by atoms with Crippen LogP contribution in [0.5, 0.6) is 11.5 Å². The summed E-state index contributed by atoms with van der Waals surface area (Å²) < 4.78 is 12.0. The highest BCUT2D eigenvalue weighted by Gasteiger charge is 2.17. The Morgan fingerprint density at radius 3 is 2.58 bits per heavy atom. The van der Waals surface area contributed by atoms with Gasteiger partial charge in [-0.3, -0.25) is 4.79 Å². The van der Waals surface area contributed by atoms with Gasteiger partial charge in [0.1, 0.15) is 6.33 Å². The molecule has 0 aliphatic rings. The molecular weight excluding hydrogens is 334 g/mol. The molecule has 26 heavy (non-hydrogen) atoms. The smallest absolute Gasteiger partial charge is 0.253 e. The Labute approximate surface area is 150 Å². The fraction of sp³-hybridized carbons (Fsp3) is 0.222. The number of para-hydroxylation sites is 1. The van der Waals surface area contributed by atoms with Crippen molar-refractivity contribution in [3.8, 4) is 17.2 Å². The monoisotopic (exact) mass is 353 g/mol. The third-order valence-electron chi connectivity index (χ3n) is 4.00. The Balaban J connectivity index is 1.83. The second-order valence-electron chi connectivity index (χ2n) is 5.58. The number of aromatic nitrogens is 4. The molecule has 1 unspecified atom stereocenters. The minimum atomic E-state index is -0.232. The maximum atomic E-state index is 12.8. The zero-order valence-corrected chi connectivity index (χ0v) is 14.7. The number of rotatable bonds is 6. The zero-order chi connectivity index (χ0) is 18.5. The van der Waals surface area contributed by atoms with Crippen molar-refractivity contribution in [3.05, 3.63) is 59.9 Å².